The number of fused-ring (bicyclic) bond motifs is 1. The van der Waals surface area contributed by atoms with Crippen LogP contribution in [0.5, 0.6) is 5.75 Å². The predicted molar refractivity (Wildman–Crippen MR) is 78.3 cm³/mol. The molecule has 0 aliphatic carbocycles. The molecule has 1 aliphatic rings. The third-order valence-corrected chi connectivity index (χ3v) is 3.94. The average Bonchev–Trinajstić information content (AvgIpc) is 2.39. The number of ether oxygens (including phenoxy) is 1. The van der Waals surface area contributed by atoms with Gasteiger partial charge in [-0.25, -0.2) is 0 Å². The topological polar surface area (TPSA) is 29.5 Å². The summed E-state index contributed by atoms with van der Waals surface area (Å²) in [5.41, 5.74) is 3.18. The second-order valence-electron chi connectivity index (χ2n) is 4.95. The minimum absolute atomic E-state index is 0.0800. The van der Waals surface area contributed by atoms with Crippen molar-refractivity contribution in [2.45, 2.75) is 25.6 Å². The molecule has 2 aromatic rings. The summed E-state index contributed by atoms with van der Waals surface area (Å²) in [5.74, 6) is 0.772. The number of halogens is 1. The molecule has 1 unspecified atom stereocenters. The number of benzene rings is 2. The Hall–Kier alpha value is -1.32. The normalized spacial score (nSPS) is 21.6. The number of hydrogen-bond donors (Lipinski definition) is 1. The first-order valence-corrected chi connectivity index (χ1v) is 7.13. The highest BCUT2D eigenvalue weighted by atomic mass is 79.9. The number of aliphatic hydroxyl groups excluding tert-OH is 1. The minimum Gasteiger partial charge on any atom is -0.485 e. The Balaban J connectivity index is 1.95. The first-order valence-electron chi connectivity index (χ1n) is 6.34. The molecule has 0 saturated heterocycles. The van der Waals surface area contributed by atoms with Crippen molar-refractivity contribution in [1.29, 1.82) is 0 Å². The van der Waals surface area contributed by atoms with E-state index in [0.717, 1.165) is 21.3 Å². The van der Waals surface area contributed by atoms with Gasteiger partial charge in [-0.15, -0.1) is 0 Å². The van der Waals surface area contributed by atoms with Gasteiger partial charge in [0.2, 0.25) is 0 Å². The molecular weight excluding hydrogens is 304 g/mol. The molecule has 0 saturated carbocycles. The van der Waals surface area contributed by atoms with Gasteiger partial charge >= 0.3 is 0 Å². The van der Waals surface area contributed by atoms with E-state index in [1.165, 1.54) is 5.56 Å². The molecule has 2 aromatic carbocycles. The van der Waals surface area contributed by atoms with Gasteiger partial charge in [0.15, 0.2) is 0 Å². The first kappa shape index (κ1) is 12.7. The molecule has 3 rings (SSSR count). The maximum absolute atomic E-state index is 10.3. The maximum Gasteiger partial charge on any atom is 0.127 e. The Morgan fingerprint density at radius 2 is 2.05 bits per heavy atom. The Bertz CT molecular complexity index is 609. The van der Waals surface area contributed by atoms with Gasteiger partial charge in [0.25, 0.3) is 0 Å². The zero-order chi connectivity index (χ0) is 13.4. The summed E-state index contributed by atoms with van der Waals surface area (Å²) in [6.45, 7) is 2.06. The summed E-state index contributed by atoms with van der Waals surface area (Å²) in [7, 11) is 0. The monoisotopic (exact) mass is 318 g/mol. The quantitative estimate of drug-likeness (QED) is 0.848. The molecular formula is C16H15BrO2. The fourth-order valence-corrected chi connectivity index (χ4v) is 2.87. The minimum atomic E-state index is -0.480. The summed E-state index contributed by atoms with van der Waals surface area (Å²) >= 11 is 3.42. The Labute approximate surface area is 121 Å². The summed E-state index contributed by atoms with van der Waals surface area (Å²) in [4.78, 5) is 0. The lowest BCUT2D eigenvalue weighted by Gasteiger charge is -2.30. The molecule has 1 heterocycles. The van der Waals surface area contributed by atoms with Gasteiger partial charge in [0, 0.05) is 16.5 Å². The lowest BCUT2D eigenvalue weighted by molar-refractivity contribution is 0.0656. The molecule has 0 radical (unpaired) electrons. The second kappa shape index (κ2) is 4.99. The molecule has 2 nitrogen and oxygen atoms in total. The molecule has 1 N–H and O–H groups in total. The van der Waals surface area contributed by atoms with Gasteiger partial charge < -0.3 is 9.84 Å². The Morgan fingerprint density at radius 3 is 2.84 bits per heavy atom. The largest absolute Gasteiger partial charge is 0.485 e. The highest BCUT2D eigenvalue weighted by Crippen LogP contribution is 2.41. The summed E-state index contributed by atoms with van der Waals surface area (Å²) in [6.07, 6.45) is 0.0303. The molecule has 0 amide bonds. The van der Waals surface area contributed by atoms with Crippen LogP contribution in [0.25, 0.3) is 0 Å². The van der Waals surface area contributed by atoms with E-state index < -0.39 is 6.10 Å². The van der Waals surface area contributed by atoms with Crippen LogP contribution in [0.2, 0.25) is 0 Å². The number of aliphatic hydroxyl groups is 1. The highest BCUT2D eigenvalue weighted by Gasteiger charge is 2.28. The van der Waals surface area contributed by atoms with Crippen LogP contribution < -0.4 is 4.74 Å². The molecule has 2 atom stereocenters. The van der Waals surface area contributed by atoms with Gasteiger partial charge in [-0.1, -0.05) is 45.8 Å². The number of hydrogen-bond acceptors (Lipinski definition) is 2. The van der Waals surface area contributed by atoms with Crippen molar-refractivity contribution in [2.75, 3.05) is 0 Å². The standard InChI is InChI=1S/C16H15BrO2/c1-10-3-2-4-11(7-10)16-9-14(18)13-8-12(17)5-6-15(13)19-16/h2-8,14,16,18H,9H2,1H3/t14-,16?/m1/s1. The van der Waals surface area contributed by atoms with E-state index in [1.807, 2.05) is 30.3 Å². The molecule has 19 heavy (non-hydrogen) atoms. The summed E-state index contributed by atoms with van der Waals surface area (Å²) in [5, 5.41) is 10.3. The van der Waals surface area contributed by atoms with Crippen molar-refractivity contribution < 1.29 is 9.84 Å². The van der Waals surface area contributed by atoms with Crippen LogP contribution in [0, 0.1) is 6.92 Å². The van der Waals surface area contributed by atoms with E-state index in [-0.39, 0.29) is 6.10 Å². The van der Waals surface area contributed by atoms with E-state index >= 15 is 0 Å². The fourth-order valence-electron chi connectivity index (χ4n) is 2.49. The van der Waals surface area contributed by atoms with E-state index in [0.29, 0.717) is 6.42 Å². The predicted octanol–water partition coefficient (Wildman–Crippen LogP) is 4.31. The van der Waals surface area contributed by atoms with E-state index in [1.54, 1.807) is 0 Å². The van der Waals surface area contributed by atoms with Crippen LogP contribution in [0.15, 0.2) is 46.9 Å². The first-order chi connectivity index (χ1) is 9.13. The van der Waals surface area contributed by atoms with Crippen molar-refractivity contribution in [1.82, 2.24) is 0 Å². The Kier molecular flexibility index (Phi) is 3.33. The zero-order valence-corrected chi connectivity index (χ0v) is 12.2. The molecule has 1 aliphatic heterocycles. The van der Waals surface area contributed by atoms with Crippen LogP contribution in [-0.2, 0) is 0 Å². The van der Waals surface area contributed by atoms with E-state index in [4.69, 9.17) is 4.74 Å². The summed E-state index contributed by atoms with van der Waals surface area (Å²) in [6, 6.07) is 14.0. The van der Waals surface area contributed by atoms with Gasteiger partial charge in [0.05, 0.1) is 6.10 Å². The molecule has 98 valence electrons. The smallest absolute Gasteiger partial charge is 0.127 e. The third kappa shape index (κ3) is 2.53. The maximum atomic E-state index is 10.3. The molecule has 3 heteroatoms. The van der Waals surface area contributed by atoms with Crippen LogP contribution in [-0.4, -0.2) is 5.11 Å². The average molecular weight is 319 g/mol. The van der Waals surface area contributed by atoms with Crippen molar-refractivity contribution in [3.05, 3.63) is 63.6 Å². The van der Waals surface area contributed by atoms with Crippen molar-refractivity contribution in [2.24, 2.45) is 0 Å². The number of aryl methyl sites for hydroxylation is 1. The number of rotatable bonds is 1. The van der Waals surface area contributed by atoms with Gasteiger partial charge in [-0.2, -0.15) is 0 Å². The molecule has 0 aromatic heterocycles. The van der Waals surface area contributed by atoms with Crippen LogP contribution in [0.1, 0.15) is 35.3 Å². The van der Waals surface area contributed by atoms with Crippen molar-refractivity contribution >= 4 is 15.9 Å². The summed E-state index contributed by atoms with van der Waals surface area (Å²) < 4.78 is 6.98. The van der Waals surface area contributed by atoms with Gasteiger partial charge in [-0.3, -0.25) is 0 Å². The lowest BCUT2D eigenvalue weighted by atomic mass is 9.94. The van der Waals surface area contributed by atoms with Crippen LogP contribution >= 0.6 is 15.9 Å². The molecule has 0 fully saturated rings. The molecule has 0 bridgehead atoms. The van der Waals surface area contributed by atoms with E-state index in [2.05, 4.69) is 35.0 Å². The van der Waals surface area contributed by atoms with Crippen LogP contribution in [0.4, 0.5) is 0 Å². The third-order valence-electron chi connectivity index (χ3n) is 3.45. The second-order valence-corrected chi connectivity index (χ2v) is 5.87. The highest BCUT2D eigenvalue weighted by molar-refractivity contribution is 9.10. The van der Waals surface area contributed by atoms with E-state index in [9.17, 15) is 5.11 Å². The van der Waals surface area contributed by atoms with Gasteiger partial charge in [0.1, 0.15) is 11.9 Å². The Morgan fingerprint density at radius 1 is 1.21 bits per heavy atom. The van der Waals surface area contributed by atoms with Gasteiger partial charge in [-0.05, 0) is 30.7 Å². The van der Waals surface area contributed by atoms with Crippen molar-refractivity contribution in [3.63, 3.8) is 0 Å². The van der Waals surface area contributed by atoms with Crippen molar-refractivity contribution in [3.8, 4) is 5.75 Å². The SMILES string of the molecule is Cc1cccc(C2C[C@@H](O)c3cc(Br)ccc3O2)c1. The fraction of sp³-hybridized carbons (Fsp3) is 0.250. The zero-order valence-electron chi connectivity index (χ0n) is 10.6. The van der Waals surface area contributed by atoms with Crippen LogP contribution in [0.3, 0.4) is 0 Å². The lowest BCUT2D eigenvalue weighted by Crippen LogP contribution is -2.19. The molecule has 0 spiro atoms.